The molecule has 0 fully saturated rings. The molecule has 0 aliphatic rings. The van der Waals surface area contributed by atoms with Gasteiger partial charge in [-0.25, -0.2) is 4.98 Å². The van der Waals surface area contributed by atoms with E-state index in [-0.39, 0.29) is 0 Å². The molecule has 2 aromatic heterocycles. The maximum atomic E-state index is 5.99. The first-order chi connectivity index (χ1) is 11.2. The van der Waals surface area contributed by atoms with Crippen LogP contribution in [0, 0.1) is 0 Å². The Kier molecular flexibility index (Phi) is 4.63. The molecule has 1 aromatic carbocycles. The Balaban J connectivity index is 2.04. The van der Waals surface area contributed by atoms with Crippen molar-refractivity contribution in [1.82, 2.24) is 14.3 Å². The van der Waals surface area contributed by atoms with E-state index in [9.17, 15) is 0 Å². The van der Waals surface area contributed by atoms with Crippen molar-refractivity contribution in [2.24, 2.45) is 0 Å². The molecule has 0 unspecified atom stereocenters. The number of nitrogens with zero attached hydrogens (tertiary/aromatic N) is 3. The SMILES string of the molecule is CCN(CC)Cc1c(Cc2ccccc2)nc2ccc(N)cn12. The van der Waals surface area contributed by atoms with Crippen LogP contribution in [0.1, 0.15) is 30.8 Å². The van der Waals surface area contributed by atoms with Crippen LogP contribution in [-0.2, 0) is 13.0 Å². The molecule has 0 amide bonds. The molecule has 23 heavy (non-hydrogen) atoms. The van der Waals surface area contributed by atoms with Crippen LogP contribution in [0.25, 0.3) is 5.65 Å². The number of imidazole rings is 1. The van der Waals surface area contributed by atoms with Gasteiger partial charge in [0.2, 0.25) is 0 Å². The second-order valence-corrected chi connectivity index (χ2v) is 5.82. The number of aromatic nitrogens is 2. The minimum absolute atomic E-state index is 0.766. The van der Waals surface area contributed by atoms with Gasteiger partial charge in [0.1, 0.15) is 5.65 Å². The van der Waals surface area contributed by atoms with Crippen LogP contribution >= 0.6 is 0 Å². The smallest absolute Gasteiger partial charge is 0.137 e. The Labute approximate surface area is 137 Å². The Morgan fingerprint density at radius 1 is 1.04 bits per heavy atom. The Morgan fingerprint density at radius 3 is 2.48 bits per heavy atom. The molecule has 0 spiro atoms. The van der Waals surface area contributed by atoms with E-state index in [1.807, 2.05) is 24.4 Å². The van der Waals surface area contributed by atoms with Crippen molar-refractivity contribution in [2.75, 3.05) is 18.8 Å². The average molecular weight is 308 g/mol. The third kappa shape index (κ3) is 3.37. The third-order valence-electron chi connectivity index (χ3n) is 4.31. The lowest BCUT2D eigenvalue weighted by atomic mass is 10.1. The molecule has 120 valence electrons. The van der Waals surface area contributed by atoms with E-state index in [0.29, 0.717) is 0 Å². The van der Waals surface area contributed by atoms with E-state index in [4.69, 9.17) is 10.7 Å². The van der Waals surface area contributed by atoms with Crippen LogP contribution in [0.5, 0.6) is 0 Å². The van der Waals surface area contributed by atoms with E-state index >= 15 is 0 Å². The van der Waals surface area contributed by atoms with Crippen molar-refractivity contribution < 1.29 is 0 Å². The average Bonchev–Trinajstić information content (AvgIpc) is 2.90. The van der Waals surface area contributed by atoms with Crippen LogP contribution in [-0.4, -0.2) is 27.4 Å². The maximum Gasteiger partial charge on any atom is 0.137 e. The summed E-state index contributed by atoms with van der Waals surface area (Å²) in [5.41, 5.74) is 11.4. The Hall–Kier alpha value is -2.33. The predicted molar refractivity (Wildman–Crippen MR) is 95.5 cm³/mol. The number of pyridine rings is 1. The summed E-state index contributed by atoms with van der Waals surface area (Å²) >= 11 is 0. The van der Waals surface area contributed by atoms with E-state index in [2.05, 4.69) is 47.4 Å². The minimum atomic E-state index is 0.766. The number of benzene rings is 1. The normalized spacial score (nSPS) is 11.4. The number of nitrogen functional groups attached to an aromatic ring is 1. The van der Waals surface area contributed by atoms with Gasteiger partial charge in [-0.1, -0.05) is 44.2 Å². The molecule has 0 aliphatic heterocycles. The lowest BCUT2D eigenvalue weighted by Gasteiger charge is -2.18. The van der Waals surface area contributed by atoms with Crippen LogP contribution < -0.4 is 5.73 Å². The summed E-state index contributed by atoms with van der Waals surface area (Å²) in [5.74, 6) is 0. The van der Waals surface area contributed by atoms with Gasteiger partial charge in [-0.3, -0.25) is 4.90 Å². The van der Waals surface area contributed by atoms with E-state index in [1.165, 1.54) is 11.3 Å². The summed E-state index contributed by atoms with van der Waals surface area (Å²) in [6.45, 7) is 7.32. The first-order valence-electron chi connectivity index (χ1n) is 8.22. The highest BCUT2D eigenvalue weighted by Crippen LogP contribution is 2.20. The fourth-order valence-corrected chi connectivity index (χ4v) is 2.92. The van der Waals surface area contributed by atoms with Crippen LogP contribution in [0.15, 0.2) is 48.7 Å². The number of hydrogen-bond acceptors (Lipinski definition) is 3. The Morgan fingerprint density at radius 2 is 1.78 bits per heavy atom. The molecule has 0 saturated carbocycles. The fourth-order valence-electron chi connectivity index (χ4n) is 2.92. The molecule has 0 aliphatic carbocycles. The summed E-state index contributed by atoms with van der Waals surface area (Å²) in [6, 6.07) is 14.4. The quantitative estimate of drug-likeness (QED) is 0.759. The number of anilines is 1. The summed E-state index contributed by atoms with van der Waals surface area (Å²) in [7, 11) is 0. The van der Waals surface area contributed by atoms with Crippen LogP contribution in [0.4, 0.5) is 5.69 Å². The summed E-state index contributed by atoms with van der Waals surface area (Å²) < 4.78 is 2.14. The highest BCUT2D eigenvalue weighted by Gasteiger charge is 2.15. The highest BCUT2D eigenvalue weighted by atomic mass is 15.1. The molecule has 0 atom stereocenters. The zero-order valence-corrected chi connectivity index (χ0v) is 13.9. The van der Waals surface area contributed by atoms with Gasteiger partial charge < -0.3 is 10.1 Å². The zero-order valence-electron chi connectivity index (χ0n) is 13.9. The summed E-state index contributed by atoms with van der Waals surface area (Å²) in [4.78, 5) is 7.26. The zero-order chi connectivity index (χ0) is 16.2. The van der Waals surface area contributed by atoms with Gasteiger partial charge in [0.05, 0.1) is 11.4 Å². The molecular formula is C19H24N4. The molecule has 2 heterocycles. The second-order valence-electron chi connectivity index (χ2n) is 5.82. The van der Waals surface area contributed by atoms with Crippen molar-refractivity contribution in [3.8, 4) is 0 Å². The molecule has 0 saturated heterocycles. The minimum Gasteiger partial charge on any atom is -0.398 e. The Bertz CT molecular complexity index is 773. The van der Waals surface area contributed by atoms with Gasteiger partial charge in [-0.05, 0) is 30.8 Å². The second kappa shape index (κ2) is 6.84. The van der Waals surface area contributed by atoms with Crippen molar-refractivity contribution in [2.45, 2.75) is 26.8 Å². The van der Waals surface area contributed by atoms with Crippen molar-refractivity contribution in [1.29, 1.82) is 0 Å². The van der Waals surface area contributed by atoms with E-state index in [0.717, 1.165) is 43.1 Å². The fraction of sp³-hybridized carbons (Fsp3) is 0.316. The van der Waals surface area contributed by atoms with Gasteiger partial charge in [-0.15, -0.1) is 0 Å². The lowest BCUT2D eigenvalue weighted by Crippen LogP contribution is -2.23. The monoisotopic (exact) mass is 308 g/mol. The molecule has 2 N–H and O–H groups in total. The molecule has 4 heteroatoms. The molecule has 4 nitrogen and oxygen atoms in total. The standard InChI is InChI=1S/C19H24N4/c1-3-22(4-2)14-18-17(12-15-8-6-5-7-9-15)21-19-11-10-16(20)13-23(18)19/h5-11,13H,3-4,12,14,20H2,1-2H3. The third-order valence-corrected chi connectivity index (χ3v) is 4.31. The molecule has 0 radical (unpaired) electrons. The van der Waals surface area contributed by atoms with Gasteiger partial charge in [0.25, 0.3) is 0 Å². The topological polar surface area (TPSA) is 46.6 Å². The number of nitrogens with two attached hydrogens (primary N) is 1. The van der Waals surface area contributed by atoms with Gasteiger partial charge in [0, 0.05) is 24.8 Å². The largest absolute Gasteiger partial charge is 0.398 e. The first kappa shape index (κ1) is 15.6. The lowest BCUT2D eigenvalue weighted by molar-refractivity contribution is 0.290. The molecule has 0 bridgehead atoms. The van der Waals surface area contributed by atoms with Gasteiger partial charge in [-0.2, -0.15) is 0 Å². The van der Waals surface area contributed by atoms with Gasteiger partial charge in [0.15, 0.2) is 0 Å². The summed E-state index contributed by atoms with van der Waals surface area (Å²) in [6.07, 6.45) is 2.83. The number of hydrogen-bond donors (Lipinski definition) is 1. The highest BCUT2D eigenvalue weighted by molar-refractivity contribution is 5.51. The van der Waals surface area contributed by atoms with Crippen molar-refractivity contribution in [3.63, 3.8) is 0 Å². The number of rotatable bonds is 6. The van der Waals surface area contributed by atoms with E-state index < -0.39 is 0 Å². The molecular weight excluding hydrogens is 284 g/mol. The van der Waals surface area contributed by atoms with E-state index in [1.54, 1.807) is 0 Å². The van der Waals surface area contributed by atoms with Gasteiger partial charge >= 0.3 is 0 Å². The maximum absolute atomic E-state index is 5.99. The van der Waals surface area contributed by atoms with Crippen LogP contribution in [0.3, 0.4) is 0 Å². The molecule has 3 aromatic rings. The van der Waals surface area contributed by atoms with Crippen LogP contribution in [0.2, 0.25) is 0 Å². The first-order valence-corrected chi connectivity index (χ1v) is 8.22. The predicted octanol–water partition coefficient (Wildman–Crippen LogP) is 3.35. The molecule has 3 rings (SSSR count). The summed E-state index contributed by atoms with van der Waals surface area (Å²) in [5, 5.41) is 0. The van der Waals surface area contributed by atoms with Crippen molar-refractivity contribution in [3.05, 3.63) is 65.6 Å². The van der Waals surface area contributed by atoms with Crippen molar-refractivity contribution >= 4 is 11.3 Å². The number of fused-ring (bicyclic) bond motifs is 1.